The van der Waals surface area contributed by atoms with Crippen molar-refractivity contribution in [2.45, 2.75) is 31.6 Å². The first kappa shape index (κ1) is 14.4. The molecule has 1 unspecified atom stereocenters. The Morgan fingerprint density at radius 2 is 2.24 bits per heavy atom. The van der Waals surface area contributed by atoms with Crippen LogP contribution in [0.25, 0.3) is 5.69 Å². The van der Waals surface area contributed by atoms with Crippen LogP contribution in [0.4, 0.5) is 0 Å². The van der Waals surface area contributed by atoms with Gasteiger partial charge >= 0.3 is 5.97 Å². The topological polar surface area (TPSA) is 55.1 Å². The monoisotopic (exact) mass is 324 g/mol. The van der Waals surface area contributed by atoms with Gasteiger partial charge in [-0.3, -0.25) is 4.79 Å². The highest BCUT2D eigenvalue weighted by Crippen LogP contribution is 2.37. The van der Waals surface area contributed by atoms with Gasteiger partial charge < -0.3 is 5.11 Å². The molecule has 2 aromatic rings. The van der Waals surface area contributed by atoms with Gasteiger partial charge in [-0.25, -0.2) is 4.68 Å². The summed E-state index contributed by atoms with van der Waals surface area (Å²) in [6.07, 6.45) is 4.61. The molecule has 0 saturated carbocycles. The number of benzene rings is 1. The second-order valence-corrected chi connectivity index (χ2v) is 6.00. The highest BCUT2D eigenvalue weighted by molar-refractivity contribution is 6.43. The second-order valence-electron chi connectivity index (χ2n) is 5.22. The van der Waals surface area contributed by atoms with Crippen LogP contribution in [-0.4, -0.2) is 20.9 Å². The number of carboxylic acid groups (broad SMARTS) is 1. The third-order valence-electron chi connectivity index (χ3n) is 3.89. The number of carboxylic acids is 1. The summed E-state index contributed by atoms with van der Waals surface area (Å²) in [6, 6.07) is 5.42. The molecule has 110 valence electrons. The third-order valence-corrected chi connectivity index (χ3v) is 4.70. The maximum atomic E-state index is 11.0. The molecule has 0 fully saturated rings. The molecule has 6 heteroatoms. The van der Waals surface area contributed by atoms with E-state index in [1.54, 1.807) is 16.9 Å². The number of aromatic nitrogens is 2. The standard InChI is InChI=1S/C15H14Cl2N2O2/c16-11-4-2-6-13(15(11)17)19-12-5-1-3-9(7-14(20)21)10(12)8-18-19/h2,4,6,8-9H,1,3,5,7H2,(H,20,21). The van der Waals surface area contributed by atoms with Crippen molar-refractivity contribution in [2.24, 2.45) is 0 Å². The lowest BCUT2D eigenvalue weighted by Gasteiger charge is -2.22. The molecule has 0 saturated heterocycles. The number of aliphatic carboxylic acids is 1. The fourth-order valence-corrected chi connectivity index (χ4v) is 3.31. The number of halogens is 2. The summed E-state index contributed by atoms with van der Waals surface area (Å²) < 4.78 is 1.79. The zero-order valence-corrected chi connectivity index (χ0v) is 12.7. The average molecular weight is 325 g/mol. The van der Waals surface area contributed by atoms with Crippen molar-refractivity contribution in [1.29, 1.82) is 0 Å². The number of rotatable bonds is 3. The van der Waals surface area contributed by atoms with E-state index in [-0.39, 0.29) is 12.3 Å². The Hall–Kier alpha value is -1.52. The van der Waals surface area contributed by atoms with E-state index in [0.717, 1.165) is 36.2 Å². The maximum absolute atomic E-state index is 11.0. The molecule has 1 atom stereocenters. The summed E-state index contributed by atoms with van der Waals surface area (Å²) in [7, 11) is 0. The van der Waals surface area contributed by atoms with Gasteiger partial charge in [-0.1, -0.05) is 29.3 Å². The Morgan fingerprint density at radius 3 is 3.00 bits per heavy atom. The molecule has 0 bridgehead atoms. The van der Waals surface area contributed by atoms with Gasteiger partial charge in [-0.15, -0.1) is 0 Å². The predicted octanol–water partition coefficient (Wildman–Crippen LogP) is 4.07. The highest BCUT2D eigenvalue weighted by Gasteiger charge is 2.27. The van der Waals surface area contributed by atoms with Gasteiger partial charge in [0.1, 0.15) is 0 Å². The van der Waals surface area contributed by atoms with E-state index in [9.17, 15) is 4.79 Å². The van der Waals surface area contributed by atoms with Gasteiger partial charge in [0.2, 0.25) is 0 Å². The van der Waals surface area contributed by atoms with Crippen molar-refractivity contribution in [3.63, 3.8) is 0 Å². The van der Waals surface area contributed by atoms with Crippen LogP contribution in [0.5, 0.6) is 0 Å². The van der Waals surface area contributed by atoms with E-state index >= 15 is 0 Å². The first-order valence-corrected chi connectivity index (χ1v) is 7.56. The SMILES string of the molecule is O=C(O)CC1CCCc2c1cnn2-c1cccc(Cl)c1Cl. The normalized spacial score (nSPS) is 17.5. The molecule has 1 heterocycles. The molecule has 0 aliphatic heterocycles. The molecule has 1 aliphatic carbocycles. The van der Waals surface area contributed by atoms with Gasteiger partial charge in [0.15, 0.2) is 0 Å². The molecule has 1 aromatic heterocycles. The second kappa shape index (κ2) is 5.70. The number of nitrogens with zero attached hydrogens (tertiary/aromatic N) is 2. The van der Waals surface area contributed by atoms with E-state index < -0.39 is 5.97 Å². The van der Waals surface area contributed by atoms with E-state index in [1.807, 2.05) is 12.1 Å². The summed E-state index contributed by atoms with van der Waals surface area (Å²) in [5, 5.41) is 14.4. The van der Waals surface area contributed by atoms with Crippen molar-refractivity contribution in [1.82, 2.24) is 9.78 Å². The zero-order chi connectivity index (χ0) is 15.0. The molecule has 1 aliphatic rings. The minimum atomic E-state index is -0.776. The van der Waals surface area contributed by atoms with Crippen LogP contribution in [0.3, 0.4) is 0 Å². The maximum Gasteiger partial charge on any atom is 0.303 e. The number of hydrogen-bond donors (Lipinski definition) is 1. The van der Waals surface area contributed by atoms with Crippen molar-refractivity contribution < 1.29 is 9.90 Å². The van der Waals surface area contributed by atoms with Crippen molar-refractivity contribution in [3.8, 4) is 5.69 Å². The Kier molecular flexibility index (Phi) is 3.91. The number of hydrogen-bond acceptors (Lipinski definition) is 2. The Balaban J connectivity index is 2.05. The summed E-state index contributed by atoms with van der Waals surface area (Å²) in [5.74, 6) is -0.751. The lowest BCUT2D eigenvalue weighted by Crippen LogP contribution is -2.15. The number of carbonyl (C=O) groups is 1. The van der Waals surface area contributed by atoms with E-state index in [1.165, 1.54) is 0 Å². The first-order chi connectivity index (χ1) is 10.1. The van der Waals surface area contributed by atoms with Crippen LogP contribution < -0.4 is 0 Å². The molecule has 1 N–H and O–H groups in total. The minimum absolute atomic E-state index is 0.0259. The van der Waals surface area contributed by atoms with Crippen LogP contribution in [0.1, 0.15) is 36.4 Å². The largest absolute Gasteiger partial charge is 0.481 e. The quantitative estimate of drug-likeness (QED) is 0.925. The molecular weight excluding hydrogens is 311 g/mol. The molecule has 0 amide bonds. The van der Waals surface area contributed by atoms with Crippen LogP contribution in [-0.2, 0) is 11.2 Å². The smallest absolute Gasteiger partial charge is 0.303 e. The Morgan fingerprint density at radius 1 is 1.43 bits per heavy atom. The minimum Gasteiger partial charge on any atom is -0.481 e. The van der Waals surface area contributed by atoms with Crippen LogP contribution in [0.15, 0.2) is 24.4 Å². The molecule has 1 aromatic carbocycles. The molecule has 21 heavy (non-hydrogen) atoms. The van der Waals surface area contributed by atoms with Gasteiger partial charge in [-0.2, -0.15) is 5.10 Å². The number of fused-ring (bicyclic) bond motifs is 1. The van der Waals surface area contributed by atoms with Gasteiger partial charge in [-0.05, 0) is 42.9 Å². The molecule has 0 spiro atoms. The lowest BCUT2D eigenvalue weighted by atomic mass is 9.85. The Bertz CT molecular complexity index is 697. The third kappa shape index (κ3) is 2.65. The average Bonchev–Trinajstić information content (AvgIpc) is 2.86. The summed E-state index contributed by atoms with van der Waals surface area (Å²) in [4.78, 5) is 11.0. The van der Waals surface area contributed by atoms with Gasteiger partial charge in [0, 0.05) is 5.69 Å². The fourth-order valence-electron chi connectivity index (χ4n) is 2.94. The van der Waals surface area contributed by atoms with Gasteiger partial charge in [0.25, 0.3) is 0 Å². The predicted molar refractivity (Wildman–Crippen MR) is 81.5 cm³/mol. The molecular formula is C15H14Cl2N2O2. The first-order valence-electron chi connectivity index (χ1n) is 6.81. The van der Waals surface area contributed by atoms with Crippen LogP contribution in [0, 0.1) is 0 Å². The van der Waals surface area contributed by atoms with Gasteiger partial charge in [0.05, 0.1) is 28.4 Å². The molecule has 0 radical (unpaired) electrons. The van der Waals surface area contributed by atoms with E-state index in [4.69, 9.17) is 28.3 Å². The van der Waals surface area contributed by atoms with E-state index in [0.29, 0.717) is 10.0 Å². The fraction of sp³-hybridized carbons (Fsp3) is 0.333. The molecule has 4 nitrogen and oxygen atoms in total. The Labute approximate surface area is 132 Å². The molecule has 3 rings (SSSR count). The highest BCUT2D eigenvalue weighted by atomic mass is 35.5. The van der Waals surface area contributed by atoms with Crippen molar-refractivity contribution in [3.05, 3.63) is 45.7 Å². The van der Waals surface area contributed by atoms with Crippen LogP contribution in [0.2, 0.25) is 10.0 Å². The van der Waals surface area contributed by atoms with Crippen LogP contribution >= 0.6 is 23.2 Å². The van der Waals surface area contributed by atoms with Crippen molar-refractivity contribution >= 4 is 29.2 Å². The summed E-state index contributed by atoms with van der Waals surface area (Å²) in [6.45, 7) is 0. The summed E-state index contributed by atoms with van der Waals surface area (Å²) >= 11 is 12.3. The van der Waals surface area contributed by atoms with Crippen molar-refractivity contribution in [2.75, 3.05) is 0 Å². The van der Waals surface area contributed by atoms with E-state index in [2.05, 4.69) is 5.10 Å². The zero-order valence-electron chi connectivity index (χ0n) is 11.2. The summed E-state index contributed by atoms with van der Waals surface area (Å²) in [5.41, 5.74) is 2.79. The lowest BCUT2D eigenvalue weighted by molar-refractivity contribution is -0.137.